The van der Waals surface area contributed by atoms with Gasteiger partial charge in [0.2, 0.25) is 5.91 Å². The lowest BCUT2D eigenvalue weighted by Crippen LogP contribution is -2.44. The molecule has 0 aliphatic carbocycles. The molecular formula is C17H26FN3O2. The molecule has 128 valence electrons. The van der Waals surface area contributed by atoms with Crippen LogP contribution < -0.4 is 15.4 Å². The summed E-state index contributed by atoms with van der Waals surface area (Å²) in [5, 5.41) is 6.24. The van der Waals surface area contributed by atoms with Gasteiger partial charge in [0.05, 0.1) is 6.61 Å². The summed E-state index contributed by atoms with van der Waals surface area (Å²) in [4.78, 5) is 14.1. The molecule has 2 rings (SSSR count). The topological polar surface area (TPSA) is 53.6 Å². The average Bonchev–Trinajstić information content (AvgIpc) is 2.58. The van der Waals surface area contributed by atoms with Crippen LogP contribution in [-0.4, -0.2) is 56.7 Å². The Morgan fingerprint density at radius 3 is 2.83 bits per heavy atom. The summed E-state index contributed by atoms with van der Waals surface area (Å²) in [5.41, 5.74) is 0. The van der Waals surface area contributed by atoms with Crippen LogP contribution in [0.5, 0.6) is 5.75 Å². The van der Waals surface area contributed by atoms with E-state index in [1.165, 1.54) is 6.07 Å². The Labute approximate surface area is 137 Å². The summed E-state index contributed by atoms with van der Waals surface area (Å²) in [7, 11) is 0. The van der Waals surface area contributed by atoms with Gasteiger partial charge in [0.25, 0.3) is 0 Å². The fourth-order valence-corrected chi connectivity index (χ4v) is 2.53. The Balaban J connectivity index is 1.47. The van der Waals surface area contributed by atoms with Crippen LogP contribution in [0.2, 0.25) is 0 Å². The normalized spacial score (nSPS) is 15.3. The number of benzene rings is 1. The van der Waals surface area contributed by atoms with Crippen LogP contribution in [0.4, 0.5) is 4.39 Å². The molecule has 1 aliphatic rings. The summed E-state index contributed by atoms with van der Waals surface area (Å²) in [5.74, 6) is -0.101. The molecule has 1 fully saturated rings. The zero-order valence-electron chi connectivity index (χ0n) is 13.5. The molecule has 0 spiro atoms. The first-order valence-electron chi connectivity index (χ1n) is 8.33. The van der Waals surface area contributed by atoms with Gasteiger partial charge in [-0.3, -0.25) is 4.79 Å². The smallest absolute Gasteiger partial charge is 0.220 e. The van der Waals surface area contributed by atoms with Gasteiger partial charge in [-0.1, -0.05) is 12.1 Å². The lowest BCUT2D eigenvalue weighted by molar-refractivity contribution is -0.121. The summed E-state index contributed by atoms with van der Waals surface area (Å²) in [6.07, 6.45) is 1.96. The molecule has 2 N–H and O–H groups in total. The predicted octanol–water partition coefficient (Wildman–Crippen LogP) is 1.40. The fraction of sp³-hybridized carbons (Fsp3) is 0.588. The molecule has 1 aliphatic heterocycles. The first-order valence-corrected chi connectivity index (χ1v) is 8.33. The Morgan fingerprint density at radius 2 is 2.04 bits per heavy atom. The summed E-state index contributed by atoms with van der Waals surface area (Å²) < 4.78 is 18.6. The highest BCUT2D eigenvalue weighted by Gasteiger charge is 2.09. The first-order chi connectivity index (χ1) is 11.3. The van der Waals surface area contributed by atoms with E-state index < -0.39 is 0 Å². The van der Waals surface area contributed by atoms with Crippen molar-refractivity contribution in [1.82, 2.24) is 15.5 Å². The summed E-state index contributed by atoms with van der Waals surface area (Å²) in [6, 6.07) is 6.30. The maximum Gasteiger partial charge on any atom is 0.220 e. The Morgan fingerprint density at radius 1 is 1.26 bits per heavy atom. The monoisotopic (exact) mass is 323 g/mol. The number of carbonyl (C=O) groups is 1. The van der Waals surface area contributed by atoms with Gasteiger partial charge in [0, 0.05) is 39.1 Å². The molecule has 5 nitrogen and oxygen atoms in total. The first kappa shape index (κ1) is 17.7. The third kappa shape index (κ3) is 6.97. The van der Waals surface area contributed by atoms with Crippen LogP contribution in [0.15, 0.2) is 24.3 Å². The number of amides is 1. The molecule has 1 heterocycles. The Bertz CT molecular complexity index is 479. The van der Waals surface area contributed by atoms with Gasteiger partial charge >= 0.3 is 0 Å². The van der Waals surface area contributed by atoms with Crippen molar-refractivity contribution in [3.05, 3.63) is 30.1 Å². The molecule has 0 aromatic heterocycles. The van der Waals surface area contributed by atoms with Gasteiger partial charge < -0.3 is 20.3 Å². The Kier molecular flexibility index (Phi) is 7.83. The highest BCUT2D eigenvalue weighted by atomic mass is 19.1. The number of halogens is 1. The molecule has 23 heavy (non-hydrogen) atoms. The summed E-state index contributed by atoms with van der Waals surface area (Å²) >= 11 is 0. The van der Waals surface area contributed by atoms with Gasteiger partial charge in [0.1, 0.15) is 0 Å². The third-order valence-electron chi connectivity index (χ3n) is 3.83. The maximum atomic E-state index is 13.3. The number of nitrogens with zero attached hydrogens (tertiary/aromatic N) is 1. The van der Waals surface area contributed by atoms with Crippen LogP contribution >= 0.6 is 0 Å². The van der Waals surface area contributed by atoms with Crippen molar-refractivity contribution in [3.8, 4) is 5.75 Å². The number of rotatable bonds is 9. The van der Waals surface area contributed by atoms with Crippen LogP contribution in [0, 0.1) is 5.82 Å². The molecule has 1 aromatic carbocycles. The minimum absolute atomic E-state index is 0.0300. The van der Waals surface area contributed by atoms with E-state index in [2.05, 4.69) is 15.5 Å². The third-order valence-corrected chi connectivity index (χ3v) is 3.83. The van der Waals surface area contributed by atoms with Gasteiger partial charge in [0.15, 0.2) is 11.6 Å². The molecule has 0 unspecified atom stereocenters. The fourth-order valence-electron chi connectivity index (χ4n) is 2.53. The van der Waals surface area contributed by atoms with E-state index in [-0.39, 0.29) is 17.5 Å². The van der Waals surface area contributed by atoms with E-state index in [0.717, 1.165) is 39.1 Å². The van der Waals surface area contributed by atoms with E-state index in [1.54, 1.807) is 18.2 Å². The van der Waals surface area contributed by atoms with Gasteiger partial charge in [-0.25, -0.2) is 4.39 Å². The second-order valence-electron chi connectivity index (χ2n) is 5.68. The molecule has 1 amide bonds. The number of nitrogens with one attached hydrogen (secondary N) is 2. The molecule has 0 radical (unpaired) electrons. The van der Waals surface area contributed by atoms with Crippen molar-refractivity contribution in [2.75, 3.05) is 45.9 Å². The molecule has 1 saturated heterocycles. The zero-order chi connectivity index (χ0) is 16.3. The maximum absolute atomic E-state index is 13.3. The minimum Gasteiger partial charge on any atom is -0.491 e. The van der Waals surface area contributed by atoms with Crippen molar-refractivity contribution in [2.45, 2.75) is 19.3 Å². The summed E-state index contributed by atoms with van der Waals surface area (Å²) in [6.45, 7) is 6.34. The number of carbonyl (C=O) groups excluding carboxylic acids is 1. The minimum atomic E-state index is -0.370. The molecule has 0 bridgehead atoms. The number of piperazine rings is 1. The second-order valence-corrected chi connectivity index (χ2v) is 5.68. The van der Waals surface area contributed by atoms with E-state index >= 15 is 0 Å². The van der Waals surface area contributed by atoms with Crippen molar-refractivity contribution >= 4 is 5.91 Å². The van der Waals surface area contributed by atoms with E-state index in [0.29, 0.717) is 26.0 Å². The Hall–Kier alpha value is -1.66. The van der Waals surface area contributed by atoms with E-state index in [4.69, 9.17) is 4.74 Å². The predicted molar refractivity (Wildman–Crippen MR) is 88.1 cm³/mol. The molecule has 6 heteroatoms. The second kappa shape index (κ2) is 10.2. The van der Waals surface area contributed by atoms with Crippen LogP contribution in [-0.2, 0) is 4.79 Å². The molecule has 1 aromatic rings. The van der Waals surface area contributed by atoms with Gasteiger partial charge in [-0.15, -0.1) is 0 Å². The number of hydrogen-bond donors (Lipinski definition) is 2. The molecular weight excluding hydrogens is 297 g/mol. The van der Waals surface area contributed by atoms with Crippen LogP contribution in [0.1, 0.15) is 19.3 Å². The average molecular weight is 323 g/mol. The van der Waals surface area contributed by atoms with Crippen molar-refractivity contribution in [3.63, 3.8) is 0 Å². The van der Waals surface area contributed by atoms with E-state index in [1.807, 2.05) is 0 Å². The van der Waals surface area contributed by atoms with E-state index in [9.17, 15) is 9.18 Å². The van der Waals surface area contributed by atoms with Crippen molar-refractivity contribution in [1.29, 1.82) is 0 Å². The molecule has 0 atom stereocenters. The van der Waals surface area contributed by atoms with Gasteiger partial charge in [-0.05, 0) is 31.5 Å². The van der Waals surface area contributed by atoms with Crippen LogP contribution in [0.25, 0.3) is 0 Å². The van der Waals surface area contributed by atoms with Gasteiger partial charge in [-0.2, -0.15) is 0 Å². The van der Waals surface area contributed by atoms with Crippen molar-refractivity contribution in [2.24, 2.45) is 0 Å². The number of para-hydroxylation sites is 1. The highest BCUT2D eigenvalue weighted by molar-refractivity contribution is 5.75. The zero-order valence-corrected chi connectivity index (χ0v) is 13.5. The number of ether oxygens (including phenoxy) is 1. The number of hydrogen-bond acceptors (Lipinski definition) is 4. The highest BCUT2D eigenvalue weighted by Crippen LogP contribution is 2.15. The quantitative estimate of drug-likeness (QED) is 0.675. The lowest BCUT2D eigenvalue weighted by Gasteiger charge is -2.27. The van der Waals surface area contributed by atoms with Crippen LogP contribution in [0.3, 0.4) is 0 Å². The standard InChI is InChI=1S/C17H26FN3O2/c18-15-5-1-2-6-16(15)23-14-3-7-17(22)20-8-4-11-21-12-9-19-10-13-21/h1-2,5-6,19H,3-4,7-14H2,(H,20,22). The molecule has 0 saturated carbocycles. The SMILES string of the molecule is O=C(CCCOc1ccccc1F)NCCCN1CCNCC1. The largest absolute Gasteiger partial charge is 0.491 e. The lowest BCUT2D eigenvalue weighted by atomic mass is 10.3. The van der Waals surface area contributed by atoms with Crippen molar-refractivity contribution < 1.29 is 13.9 Å².